The molecule has 0 unspecified atom stereocenters. The van der Waals surface area contributed by atoms with Gasteiger partial charge in [-0.2, -0.15) is 0 Å². The number of benzene rings is 1. The van der Waals surface area contributed by atoms with E-state index in [1.165, 1.54) is 24.3 Å². The van der Waals surface area contributed by atoms with Gasteiger partial charge in [0.2, 0.25) is 0 Å². The Labute approximate surface area is 246 Å². The van der Waals surface area contributed by atoms with Gasteiger partial charge in [-0.3, -0.25) is 14.9 Å². The van der Waals surface area contributed by atoms with Gasteiger partial charge in [-0.25, -0.2) is 0 Å². The molecule has 0 aliphatic heterocycles. The summed E-state index contributed by atoms with van der Waals surface area (Å²) in [6.45, 7) is 5.19. The average molecular weight is 604 g/mol. The second kappa shape index (κ2) is 26.3. The van der Waals surface area contributed by atoms with E-state index in [0.29, 0.717) is 104 Å². The van der Waals surface area contributed by atoms with Crippen molar-refractivity contribution in [3.8, 4) is 0 Å². The number of carbonyl (C=O) groups is 1. The standard InChI is InChI=1S/C28H45NO13/c30-5-7-37-9-11-39-13-15-41-17-19-42-18-16-40-14-12-38-10-8-36-6-1-2-27(33)4-3-24-20-25(22-31)26(23-32)21-28(24)29(34)35/h3-4,20-21,30-32H,1-2,5-19,22-23H2/b4-3+. The van der Waals surface area contributed by atoms with E-state index < -0.39 is 11.5 Å². The van der Waals surface area contributed by atoms with Gasteiger partial charge in [0, 0.05) is 19.1 Å². The third kappa shape index (κ3) is 18.9. The molecule has 1 aromatic carbocycles. The van der Waals surface area contributed by atoms with Crippen molar-refractivity contribution in [2.75, 3.05) is 99.1 Å². The SMILES string of the molecule is O=C(/C=C/c1cc(CO)c(CO)cc1[N+](=O)[O-])CCCOCCOCCOCCOCCOCCOCCOCCO. The highest BCUT2D eigenvalue weighted by atomic mass is 16.6. The number of nitro groups is 1. The lowest BCUT2D eigenvalue weighted by molar-refractivity contribution is -0.385. The molecule has 0 aromatic heterocycles. The van der Waals surface area contributed by atoms with Gasteiger partial charge in [-0.15, -0.1) is 0 Å². The molecule has 0 atom stereocenters. The Morgan fingerprint density at radius 2 is 1.07 bits per heavy atom. The van der Waals surface area contributed by atoms with Gasteiger partial charge in [0.15, 0.2) is 5.78 Å². The summed E-state index contributed by atoms with van der Waals surface area (Å²) in [6, 6.07) is 2.60. The molecule has 0 aliphatic carbocycles. The number of aliphatic hydroxyl groups is 3. The van der Waals surface area contributed by atoms with Crippen molar-refractivity contribution >= 4 is 17.5 Å². The van der Waals surface area contributed by atoms with Crippen LogP contribution in [-0.2, 0) is 51.2 Å². The van der Waals surface area contributed by atoms with Gasteiger partial charge >= 0.3 is 0 Å². The molecule has 0 fully saturated rings. The van der Waals surface area contributed by atoms with E-state index in [4.69, 9.17) is 38.3 Å². The van der Waals surface area contributed by atoms with Gasteiger partial charge in [0.25, 0.3) is 5.69 Å². The van der Waals surface area contributed by atoms with Gasteiger partial charge in [0.1, 0.15) is 0 Å². The largest absolute Gasteiger partial charge is 0.394 e. The summed E-state index contributed by atoms with van der Waals surface area (Å²) in [5.74, 6) is -0.211. The highest BCUT2D eigenvalue weighted by molar-refractivity contribution is 5.94. The first-order valence-electron chi connectivity index (χ1n) is 13.9. The van der Waals surface area contributed by atoms with E-state index in [1.54, 1.807) is 0 Å². The van der Waals surface area contributed by atoms with Crippen LogP contribution in [0.1, 0.15) is 29.5 Å². The summed E-state index contributed by atoms with van der Waals surface area (Å²) < 4.78 is 37.4. The van der Waals surface area contributed by atoms with E-state index in [1.807, 2.05) is 0 Å². The Balaban J connectivity index is 1.95. The quantitative estimate of drug-likeness (QED) is 0.0511. The number of hydrogen-bond acceptors (Lipinski definition) is 13. The monoisotopic (exact) mass is 603 g/mol. The Morgan fingerprint density at radius 3 is 1.48 bits per heavy atom. The number of nitro benzene ring substituents is 1. The summed E-state index contributed by atoms with van der Waals surface area (Å²) in [5.41, 5.74) is 0.560. The van der Waals surface area contributed by atoms with Crippen molar-refractivity contribution in [2.45, 2.75) is 26.1 Å². The maximum Gasteiger partial charge on any atom is 0.276 e. The summed E-state index contributed by atoms with van der Waals surface area (Å²) >= 11 is 0. The lowest BCUT2D eigenvalue weighted by Crippen LogP contribution is -2.14. The van der Waals surface area contributed by atoms with Gasteiger partial charge < -0.3 is 48.5 Å². The van der Waals surface area contributed by atoms with Crippen LogP contribution in [0.25, 0.3) is 6.08 Å². The molecule has 0 heterocycles. The fraction of sp³-hybridized carbons (Fsp3) is 0.679. The number of ether oxygens (including phenoxy) is 7. The summed E-state index contributed by atoms with van der Waals surface area (Å²) in [7, 11) is 0. The van der Waals surface area contributed by atoms with E-state index in [2.05, 4.69) is 0 Å². The Bertz CT molecular complexity index is 882. The first-order chi connectivity index (χ1) is 20.5. The van der Waals surface area contributed by atoms with Crippen molar-refractivity contribution in [1.29, 1.82) is 0 Å². The molecule has 0 radical (unpaired) electrons. The Hall–Kier alpha value is -2.37. The van der Waals surface area contributed by atoms with Crippen LogP contribution < -0.4 is 0 Å². The molecule has 0 saturated carbocycles. The molecule has 14 heteroatoms. The molecule has 240 valence electrons. The Kier molecular flexibility index (Phi) is 23.6. The third-order valence-corrected chi connectivity index (χ3v) is 5.51. The highest BCUT2D eigenvalue weighted by Gasteiger charge is 2.16. The normalized spacial score (nSPS) is 11.5. The fourth-order valence-electron chi connectivity index (χ4n) is 3.38. The van der Waals surface area contributed by atoms with E-state index in [-0.39, 0.29) is 42.2 Å². The molecular formula is C28H45NO13. The second-order valence-electron chi connectivity index (χ2n) is 8.67. The summed E-state index contributed by atoms with van der Waals surface area (Å²) in [5, 5.41) is 38.6. The molecular weight excluding hydrogens is 558 g/mol. The zero-order chi connectivity index (χ0) is 30.7. The second-order valence-corrected chi connectivity index (χ2v) is 8.67. The number of nitrogens with zero attached hydrogens (tertiary/aromatic N) is 1. The van der Waals surface area contributed by atoms with E-state index in [0.717, 1.165) is 0 Å². The molecule has 42 heavy (non-hydrogen) atoms. The minimum atomic E-state index is -0.596. The van der Waals surface area contributed by atoms with Crippen molar-refractivity contribution in [3.63, 3.8) is 0 Å². The number of allylic oxidation sites excluding steroid dienone is 1. The van der Waals surface area contributed by atoms with Crippen LogP contribution in [0.15, 0.2) is 18.2 Å². The molecule has 0 bridgehead atoms. The van der Waals surface area contributed by atoms with Crippen LogP contribution in [0, 0.1) is 10.1 Å². The van der Waals surface area contributed by atoms with Gasteiger partial charge in [0.05, 0.1) is 116 Å². The summed E-state index contributed by atoms with van der Waals surface area (Å²) in [6.07, 6.45) is 3.31. The first kappa shape index (κ1) is 37.7. The Morgan fingerprint density at radius 1 is 0.667 bits per heavy atom. The predicted octanol–water partition coefficient (Wildman–Crippen LogP) is 1.05. The number of hydrogen-bond donors (Lipinski definition) is 3. The van der Waals surface area contributed by atoms with Crippen molar-refractivity contribution < 1.29 is 58.2 Å². The topological polar surface area (TPSA) is 186 Å². The number of rotatable bonds is 29. The maximum absolute atomic E-state index is 12.1. The van der Waals surface area contributed by atoms with Crippen LogP contribution in [-0.4, -0.2) is 125 Å². The average Bonchev–Trinajstić information content (AvgIpc) is 2.99. The third-order valence-electron chi connectivity index (χ3n) is 5.51. The fourth-order valence-corrected chi connectivity index (χ4v) is 3.38. The zero-order valence-corrected chi connectivity index (χ0v) is 24.1. The van der Waals surface area contributed by atoms with Crippen molar-refractivity contribution in [1.82, 2.24) is 0 Å². The van der Waals surface area contributed by atoms with Crippen LogP contribution in [0.2, 0.25) is 0 Å². The van der Waals surface area contributed by atoms with Crippen LogP contribution in [0.5, 0.6) is 0 Å². The molecule has 0 amide bonds. The number of ketones is 1. The predicted molar refractivity (Wildman–Crippen MR) is 151 cm³/mol. The molecule has 0 aliphatic rings. The number of aliphatic hydroxyl groups excluding tert-OH is 3. The lowest BCUT2D eigenvalue weighted by Gasteiger charge is -2.08. The van der Waals surface area contributed by atoms with Crippen LogP contribution in [0.4, 0.5) is 5.69 Å². The molecule has 3 N–H and O–H groups in total. The van der Waals surface area contributed by atoms with Crippen molar-refractivity contribution in [2.24, 2.45) is 0 Å². The van der Waals surface area contributed by atoms with Gasteiger partial charge in [-0.1, -0.05) is 0 Å². The van der Waals surface area contributed by atoms with E-state index >= 15 is 0 Å². The first-order valence-corrected chi connectivity index (χ1v) is 13.9. The van der Waals surface area contributed by atoms with Crippen LogP contribution in [0.3, 0.4) is 0 Å². The highest BCUT2D eigenvalue weighted by Crippen LogP contribution is 2.25. The van der Waals surface area contributed by atoms with Crippen LogP contribution >= 0.6 is 0 Å². The molecule has 0 spiro atoms. The minimum absolute atomic E-state index is 0.00677. The molecule has 0 saturated heterocycles. The maximum atomic E-state index is 12.1. The molecule has 1 aromatic rings. The van der Waals surface area contributed by atoms with E-state index in [9.17, 15) is 25.1 Å². The number of carbonyl (C=O) groups excluding carboxylic acids is 1. The summed E-state index contributed by atoms with van der Waals surface area (Å²) in [4.78, 5) is 22.8. The lowest BCUT2D eigenvalue weighted by atomic mass is 10.0. The van der Waals surface area contributed by atoms with Gasteiger partial charge in [-0.05, 0) is 35.8 Å². The molecule has 14 nitrogen and oxygen atoms in total. The minimum Gasteiger partial charge on any atom is -0.394 e. The molecule has 1 rings (SSSR count). The van der Waals surface area contributed by atoms with Crippen molar-refractivity contribution in [3.05, 3.63) is 45.0 Å². The smallest absolute Gasteiger partial charge is 0.276 e. The zero-order valence-electron chi connectivity index (χ0n) is 24.1.